The van der Waals surface area contributed by atoms with Gasteiger partial charge in [-0.2, -0.15) is 0 Å². The number of benzene rings is 1. The maximum Gasteiger partial charge on any atom is 0.123 e. The minimum absolute atomic E-state index is 0.199. The van der Waals surface area contributed by atoms with E-state index >= 15 is 0 Å². The molecule has 0 saturated heterocycles. The highest BCUT2D eigenvalue weighted by atomic mass is 19.1. The van der Waals surface area contributed by atoms with E-state index in [4.69, 9.17) is 0 Å². The van der Waals surface area contributed by atoms with Crippen molar-refractivity contribution in [2.75, 3.05) is 6.54 Å². The van der Waals surface area contributed by atoms with Gasteiger partial charge in [-0.1, -0.05) is 13.8 Å². The Morgan fingerprint density at radius 1 is 1.32 bits per heavy atom. The van der Waals surface area contributed by atoms with Crippen LogP contribution in [0.2, 0.25) is 0 Å². The molecule has 0 atom stereocenters. The normalized spacial score (nSPS) is 10.9. The number of rotatable bonds is 6. The van der Waals surface area contributed by atoms with E-state index in [1.807, 2.05) is 16.8 Å². The fourth-order valence-electron chi connectivity index (χ4n) is 2.15. The maximum absolute atomic E-state index is 13.4. The molecular weight excluding hydrogens is 241 g/mol. The summed E-state index contributed by atoms with van der Waals surface area (Å²) in [5, 5.41) is 3.32. The summed E-state index contributed by atoms with van der Waals surface area (Å²) in [7, 11) is 0. The second-order valence-corrected chi connectivity index (χ2v) is 4.52. The van der Waals surface area contributed by atoms with Crippen LogP contribution in [0.25, 0.3) is 5.69 Å². The molecule has 1 N–H and O–H groups in total. The summed E-state index contributed by atoms with van der Waals surface area (Å²) in [6, 6.07) is 4.91. The summed E-state index contributed by atoms with van der Waals surface area (Å²) in [5.41, 5.74) is 1.96. The van der Waals surface area contributed by atoms with Crippen molar-refractivity contribution in [3.8, 4) is 5.69 Å². The number of hydrogen-bond acceptors (Lipinski definition) is 2. The van der Waals surface area contributed by atoms with Crippen LogP contribution >= 0.6 is 0 Å². The number of halogens is 1. The van der Waals surface area contributed by atoms with Crippen molar-refractivity contribution in [2.45, 2.75) is 33.2 Å². The molecule has 1 aromatic heterocycles. The molecule has 0 unspecified atom stereocenters. The predicted octanol–water partition coefficient (Wildman–Crippen LogP) is 3.07. The van der Waals surface area contributed by atoms with Crippen molar-refractivity contribution < 1.29 is 4.39 Å². The molecule has 0 bridgehead atoms. The standard InChI is InChI=1S/C15H20FN3/c1-3-7-17-11-12-10-13(16)5-6-14(12)19-9-8-18-15(19)4-2/h5-6,8-10,17H,3-4,7,11H2,1-2H3. The van der Waals surface area contributed by atoms with Crippen molar-refractivity contribution in [1.29, 1.82) is 0 Å². The van der Waals surface area contributed by atoms with Crippen LogP contribution in [0, 0.1) is 5.82 Å². The van der Waals surface area contributed by atoms with E-state index in [2.05, 4.69) is 24.1 Å². The van der Waals surface area contributed by atoms with Gasteiger partial charge in [-0.15, -0.1) is 0 Å². The molecule has 0 fully saturated rings. The fourth-order valence-corrected chi connectivity index (χ4v) is 2.15. The van der Waals surface area contributed by atoms with Gasteiger partial charge >= 0.3 is 0 Å². The number of aryl methyl sites for hydroxylation is 1. The number of aromatic nitrogens is 2. The lowest BCUT2D eigenvalue weighted by Gasteiger charge is -2.13. The summed E-state index contributed by atoms with van der Waals surface area (Å²) in [6.45, 7) is 5.78. The van der Waals surface area contributed by atoms with Gasteiger partial charge in [0.05, 0.1) is 5.69 Å². The Balaban J connectivity index is 2.33. The van der Waals surface area contributed by atoms with Gasteiger partial charge in [0.15, 0.2) is 0 Å². The van der Waals surface area contributed by atoms with Gasteiger partial charge in [0.25, 0.3) is 0 Å². The third-order valence-electron chi connectivity index (χ3n) is 3.08. The first-order chi connectivity index (χ1) is 9.26. The van der Waals surface area contributed by atoms with Gasteiger partial charge in [0.2, 0.25) is 0 Å². The van der Waals surface area contributed by atoms with E-state index < -0.39 is 0 Å². The Morgan fingerprint density at radius 2 is 2.16 bits per heavy atom. The van der Waals surface area contributed by atoms with E-state index in [1.165, 1.54) is 6.07 Å². The summed E-state index contributed by atoms with van der Waals surface area (Å²) in [4.78, 5) is 4.32. The molecule has 4 heteroatoms. The van der Waals surface area contributed by atoms with Gasteiger partial charge in [-0.3, -0.25) is 0 Å². The molecule has 0 aliphatic rings. The van der Waals surface area contributed by atoms with Crippen LogP contribution in [-0.2, 0) is 13.0 Å². The number of hydrogen-bond donors (Lipinski definition) is 1. The van der Waals surface area contributed by atoms with Gasteiger partial charge in [-0.25, -0.2) is 9.37 Å². The molecule has 1 aromatic carbocycles. The van der Waals surface area contributed by atoms with Gasteiger partial charge in [0.1, 0.15) is 11.6 Å². The molecule has 3 nitrogen and oxygen atoms in total. The summed E-state index contributed by atoms with van der Waals surface area (Å²) >= 11 is 0. The Labute approximate surface area is 113 Å². The number of nitrogens with zero attached hydrogens (tertiary/aromatic N) is 2. The highest BCUT2D eigenvalue weighted by Crippen LogP contribution is 2.18. The fraction of sp³-hybridized carbons (Fsp3) is 0.400. The second kappa shape index (κ2) is 6.48. The number of imidazole rings is 1. The summed E-state index contributed by atoms with van der Waals surface area (Å²) in [6.07, 6.45) is 5.63. The first kappa shape index (κ1) is 13.7. The van der Waals surface area contributed by atoms with Crippen LogP contribution in [0.15, 0.2) is 30.6 Å². The lowest BCUT2D eigenvalue weighted by molar-refractivity contribution is 0.617. The molecule has 0 saturated carbocycles. The second-order valence-electron chi connectivity index (χ2n) is 4.52. The minimum Gasteiger partial charge on any atom is -0.313 e. The lowest BCUT2D eigenvalue weighted by Crippen LogP contribution is -2.16. The first-order valence-corrected chi connectivity index (χ1v) is 6.78. The Morgan fingerprint density at radius 3 is 2.89 bits per heavy atom. The monoisotopic (exact) mass is 261 g/mol. The smallest absolute Gasteiger partial charge is 0.123 e. The van der Waals surface area contributed by atoms with E-state index in [0.29, 0.717) is 6.54 Å². The van der Waals surface area contributed by atoms with E-state index in [0.717, 1.165) is 36.5 Å². The van der Waals surface area contributed by atoms with Crippen LogP contribution < -0.4 is 5.32 Å². The minimum atomic E-state index is -0.199. The average molecular weight is 261 g/mol. The van der Waals surface area contributed by atoms with Gasteiger partial charge < -0.3 is 9.88 Å². The molecule has 0 spiro atoms. The van der Waals surface area contributed by atoms with Gasteiger partial charge in [0, 0.05) is 25.4 Å². The topological polar surface area (TPSA) is 29.9 Å². The first-order valence-electron chi connectivity index (χ1n) is 6.78. The molecule has 0 amide bonds. The van der Waals surface area contributed by atoms with Crippen molar-refractivity contribution in [1.82, 2.24) is 14.9 Å². The molecule has 1 heterocycles. The molecule has 102 valence electrons. The Hall–Kier alpha value is -1.68. The number of nitrogens with one attached hydrogen (secondary N) is 1. The molecular formula is C15H20FN3. The SMILES string of the molecule is CCCNCc1cc(F)ccc1-n1ccnc1CC. The highest BCUT2D eigenvalue weighted by molar-refractivity contribution is 5.42. The summed E-state index contributed by atoms with van der Waals surface area (Å²) in [5.74, 6) is 0.790. The maximum atomic E-state index is 13.4. The van der Waals surface area contributed by atoms with Crippen LogP contribution in [0.5, 0.6) is 0 Å². The van der Waals surface area contributed by atoms with Crippen LogP contribution in [-0.4, -0.2) is 16.1 Å². The lowest BCUT2D eigenvalue weighted by atomic mass is 10.1. The zero-order valence-electron chi connectivity index (χ0n) is 11.5. The van der Waals surface area contributed by atoms with Crippen molar-refractivity contribution in [3.05, 3.63) is 47.8 Å². The van der Waals surface area contributed by atoms with Crippen LogP contribution in [0.3, 0.4) is 0 Å². The predicted molar refractivity (Wildman–Crippen MR) is 74.9 cm³/mol. The molecule has 0 aliphatic heterocycles. The quantitative estimate of drug-likeness (QED) is 0.810. The summed E-state index contributed by atoms with van der Waals surface area (Å²) < 4.78 is 15.5. The zero-order chi connectivity index (χ0) is 13.7. The van der Waals surface area contributed by atoms with Gasteiger partial charge in [-0.05, 0) is 36.7 Å². The van der Waals surface area contributed by atoms with Crippen molar-refractivity contribution in [3.63, 3.8) is 0 Å². The molecule has 2 aromatic rings. The molecule has 19 heavy (non-hydrogen) atoms. The van der Waals surface area contributed by atoms with Crippen molar-refractivity contribution in [2.24, 2.45) is 0 Å². The molecule has 0 radical (unpaired) electrons. The van der Waals surface area contributed by atoms with E-state index in [9.17, 15) is 4.39 Å². The average Bonchev–Trinajstić information content (AvgIpc) is 2.87. The zero-order valence-corrected chi connectivity index (χ0v) is 11.5. The van der Waals surface area contributed by atoms with Crippen LogP contribution in [0.4, 0.5) is 4.39 Å². The van der Waals surface area contributed by atoms with Crippen LogP contribution in [0.1, 0.15) is 31.7 Å². The van der Waals surface area contributed by atoms with E-state index in [-0.39, 0.29) is 5.82 Å². The molecule has 0 aliphatic carbocycles. The third kappa shape index (κ3) is 3.20. The van der Waals surface area contributed by atoms with Crippen molar-refractivity contribution >= 4 is 0 Å². The highest BCUT2D eigenvalue weighted by Gasteiger charge is 2.09. The molecule has 2 rings (SSSR count). The van der Waals surface area contributed by atoms with E-state index in [1.54, 1.807) is 12.3 Å². The largest absolute Gasteiger partial charge is 0.313 e. The Bertz CT molecular complexity index is 534. The Kier molecular flexibility index (Phi) is 4.68. The third-order valence-corrected chi connectivity index (χ3v) is 3.08.